The Hall–Kier alpha value is -1.77. The van der Waals surface area contributed by atoms with Crippen molar-refractivity contribution in [2.45, 2.75) is 16.3 Å². The van der Waals surface area contributed by atoms with Crippen molar-refractivity contribution in [3.63, 3.8) is 0 Å². The van der Waals surface area contributed by atoms with Gasteiger partial charge in [-0.15, -0.1) is 0 Å². The summed E-state index contributed by atoms with van der Waals surface area (Å²) < 4.78 is 62.2. The molecule has 5 nitrogen and oxygen atoms in total. The fraction of sp³-hybridized carbons (Fsp3) is 0.143. The lowest BCUT2D eigenvalue weighted by Gasteiger charge is -2.07. The van der Waals surface area contributed by atoms with E-state index in [9.17, 15) is 21.2 Å². The normalized spacial score (nSPS) is 12.3. The van der Waals surface area contributed by atoms with Crippen LogP contribution in [0.15, 0.2) is 58.3 Å². The highest BCUT2D eigenvalue weighted by molar-refractivity contribution is 7.90. The summed E-state index contributed by atoms with van der Waals surface area (Å²) in [6.45, 7) is -0.0616. The van der Waals surface area contributed by atoms with Crippen LogP contribution in [0, 0.1) is 5.82 Å². The monoisotopic (exact) mass is 343 g/mol. The molecular formula is C14H14FNO4S2. The molecule has 118 valence electrons. The van der Waals surface area contributed by atoms with E-state index in [0.29, 0.717) is 5.56 Å². The summed E-state index contributed by atoms with van der Waals surface area (Å²) in [5.74, 6) is -0.450. The maximum atomic E-state index is 13.0. The molecule has 1 N–H and O–H groups in total. The summed E-state index contributed by atoms with van der Waals surface area (Å²) in [5.41, 5.74) is 0.483. The second kappa shape index (κ2) is 6.15. The Morgan fingerprint density at radius 3 is 2.09 bits per heavy atom. The fourth-order valence-corrected chi connectivity index (χ4v) is 3.42. The van der Waals surface area contributed by atoms with E-state index in [1.165, 1.54) is 42.5 Å². The number of benzene rings is 2. The summed E-state index contributed by atoms with van der Waals surface area (Å²) in [5, 5.41) is 0. The predicted octanol–water partition coefficient (Wildman–Crippen LogP) is 1.71. The molecule has 0 aromatic heterocycles. The minimum absolute atomic E-state index is 0.0385. The average molecular weight is 343 g/mol. The van der Waals surface area contributed by atoms with Crippen LogP contribution in [0.5, 0.6) is 0 Å². The molecule has 0 aliphatic rings. The van der Waals surface area contributed by atoms with Crippen LogP contribution in [-0.2, 0) is 26.4 Å². The smallest absolute Gasteiger partial charge is 0.224 e. The van der Waals surface area contributed by atoms with E-state index in [-0.39, 0.29) is 16.3 Å². The Bertz CT molecular complexity index is 875. The zero-order valence-electron chi connectivity index (χ0n) is 11.7. The van der Waals surface area contributed by atoms with Crippen LogP contribution in [0.25, 0.3) is 0 Å². The van der Waals surface area contributed by atoms with Gasteiger partial charge in [0.25, 0.3) is 0 Å². The van der Waals surface area contributed by atoms with Crippen LogP contribution >= 0.6 is 0 Å². The van der Waals surface area contributed by atoms with Gasteiger partial charge in [0.1, 0.15) is 5.82 Å². The number of sulfonamides is 1. The first-order valence-corrected chi connectivity index (χ1v) is 9.60. The Labute approximate surface area is 128 Å². The van der Waals surface area contributed by atoms with E-state index < -0.39 is 25.7 Å². The van der Waals surface area contributed by atoms with E-state index in [2.05, 4.69) is 4.72 Å². The van der Waals surface area contributed by atoms with Crippen molar-refractivity contribution in [3.05, 3.63) is 59.9 Å². The van der Waals surface area contributed by atoms with Crippen LogP contribution in [0.4, 0.5) is 4.39 Å². The highest BCUT2D eigenvalue weighted by Crippen LogP contribution is 2.15. The first kappa shape index (κ1) is 16.6. The van der Waals surface area contributed by atoms with E-state index in [0.717, 1.165) is 6.26 Å². The quantitative estimate of drug-likeness (QED) is 0.896. The van der Waals surface area contributed by atoms with Crippen LogP contribution < -0.4 is 4.72 Å². The standard InChI is InChI=1S/C14H14FNO4S2/c1-21(17,18)13-5-7-14(8-6-13)22(19,20)16-10-11-3-2-4-12(15)9-11/h2-9,16H,10H2,1H3. The summed E-state index contributed by atoms with van der Waals surface area (Å²) in [6, 6.07) is 10.5. The van der Waals surface area contributed by atoms with Gasteiger partial charge in [-0.3, -0.25) is 0 Å². The highest BCUT2D eigenvalue weighted by Gasteiger charge is 2.15. The van der Waals surface area contributed by atoms with Gasteiger partial charge in [-0.2, -0.15) is 0 Å². The molecule has 0 radical (unpaired) electrons. The third kappa shape index (κ3) is 4.12. The molecule has 0 saturated heterocycles. The van der Waals surface area contributed by atoms with Crippen LogP contribution in [0.1, 0.15) is 5.56 Å². The van der Waals surface area contributed by atoms with Crippen LogP contribution in [-0.4, -0.2) is 23.1 Å². The highest BCUT2D eigenvalue weighted by atomic mass is 32.2. The van der Waals surface area contributed by atoms with Crippen LogP contribution in [0.3, 0.4) is 0 Å². The molecule has 22 heavy (non-hydrogen) atoms. The molecule has 0 spiro atoms. The molecule has 0 amide bonds. The summed E-state index contributed by atoms with van der Waals surface area (Å²) >= 11 is 0. The Balaban J connectivity index is 2.17. The minimum Gasteiger partial charge on any atom is -0.224 e. The van der Waals surface area contributed by atoms with E-state index >= 15 is 0 Å². The van der Waals surface area contributed by atoms with Gasteiger partial charge in [0, 0.05) is 12.8 Å². The number of nitrogens with one attached hydrogen (secondary N) is 1. The van der Waals surface area contributed by atoms with Gasteiger partial charge in [-0.05, 0) is 42.0 Å². The molecule has 2 aromatic rings. The number of rotatable bonds is 5. The third-order valence-corrected chi connectivity index (χ3v) is 5.46. The van der Waals surface area contributed by atoms with E-state index in [1.807, 2.05) is 0 Å². The summed E-state index contributed by atoms with van der Waals surface area (Å²) in [7, 11) is -7.18. The molecule has 2 rings (SSSR count). The van der Waals surface area contributed by atoms with Crippen molar-refractivity contribution in [2.24, 2.45) is 0 Å². The topological polar surface area (TPSA) is 80.3 Å². The Morgan fingerprint density at radius 1 is 0.955 bits per heavy atom. The second-order valence-electron chi connectivity index (χ2n) is 4.70. The molecule has 0 unspecified atom stereocenters. The second-order valence-corrected chi connectivity index (χ2v) is 8.48. The molecule has 0 aliphatic carbocycles. The molecule has 0 aliphatic heterocycles. The minimum atomic E-state index is -3.80. The Kier molecular flexibility index (Phi) is 4.64. The predicted molar refractivity (Wildman–Crippen MR) is 80.0 cm³/mol. The molecule has 0 bridgehead atoms. The van der Waals surface area contributed by atoms with E-state index in [1.54, 1.807) is 6.07 Å². The van der Waals surface area contributed by atoms with Crippen molar-refractivity contribution in [2.75, 3.05) is 6.26 Å². The van der Waals surface area contributed by atoms with Crippen LogP contribution in [0.2, 0.25) is 0 Å². The maximum Gasteiger partial charge on any atom is 0.240 e. The number of sulfone groups is 1. The van der Waals surface area contributed by atoms with Gasteiger partial charge in [-0.25, -0.2) is 25.9 Å². The zero-order valence-corrected chi connectivity index (χ0v) is 13.3. The van der Waals surface area contributed by atoms with Crippen molar-refractivity contribution in [1.82, 2.24) is 4.72 Å². The van der Waals surface area contributed by atoms with Gasteiger partial charge in [0.15, 0.2) is 9.84 Å². The maximum absolute atomic E-state index is 13.0. The lowest BCUT2D eigenvalue weighted by Crippen LogP contribution is -2.23. The number of hydrogen-bond acceptors (Lipinski definition) is 4. The summed E-state index contributed by atoms with van der Waals surface area (Å²) in [4.78, 5) is -0.0205. The van der Waals surface area contributed by atoms with Gasteiger partial charge in [0.05, 0.1) is 9.79 Å². The molecular weight excluding hydrogens is 329 g/mol. The van der Waals surface area contributed by atoms with E-state index in [4.69, 9.17) is 0 Å². The molecule has 0 saturated carbocycles. The van der Waals surface area contributed by atoms with Crippen molar-refractivity contribution in [3.8, 4) is 0 Å². The molecule has 2 aromatic carbocycles. The first-order valence-electron chi connectivity index (χ1n) is 6.23. The van der Waals surface area contributed by atoms with Gasteiger partial charge >= 0.3 is 0 Å². The van der Waals surface area contributed by atoms with Crippen molar-refractivity contribution in [1.29, 1.82) is 0 Å². The number of hydrogen-bond donors (Lipinski definition) is 1. The SMILES string of the molecule is CS(=O)(=O)c1ccc(S(=O)(=O)NCc2cccc(F)c2)cc1. The third-order valence-electron chi connectivity index (χ3n) is 2.92. The lowest BCUT2D eigenvalue weighted by molar-refractivity contribution is 0.579. The van der Waals surface area contributed by atoms with Gasteiger partial charge in [-0.1, -0.05) is 12.1 Å². The molecule has 8 heteroatoms. The Morgan fingerprint density at radius 2 is 1.55 bits per heavy atom. The number of halogens is 1. The zero-order chi connectivity index (χ0) is 16.4. The fourth-order valence-electron chi connectivity index (χ4n) is 1.77. The first-order chi connectivity index (χ1) is 10.2. The average Bonchev–Trinajstić information content (AvgIpc) is 2.45. The lowest BCUT2D eigenvalue weighted by atomic mass is 10.2. The van der Waals surface area contributed by atoms with Gasteiger partial charge < -0.3 is 0 Å². The summed E-state index contributed by atoms with van der Waals surface area (Å²) in [6.07, 6.45) is 1.04. The van der Waals surface area contributed by atoms with Crippen molar-refractivity contribution < 1.29 is 21.2 Å². The van der Waals surface area contributed by atoms with Gasteiger partial charge in [0.2, 0.25) is 10.0 Å². The molecule has 0 heterocycles. The molecule has 0 fully saturated rings. The molecule has 0 atom stereocenters. The largest absolute Gasteiger partial charge is 0.240 e. The van der Waals surface area contributed by atoms with Crippen molar-refractivity contribution >= 4 is 19.9 Å².